The Morgan fingerprint density at radius 2 is 2.33 bits per heavy atom. The summed E-state index contributed by atoms with van der Waals surface area (Å²) in [6.45, 7) is 5.30. The summed E-state index contributed by atoms with van der Waals surface area (Å²) < 4.78 is 0. The van der Waals surface area contributed by atoms with E-state index in [2.05, 4.69) is 6.58 Å². The third-order valence-corrected chi connectivity index (χ3v) is 2.37. The monoisotopic (exact) mass is 205 g/mol. The van der Waals surface area contributed by atoms with Crippen molar-refractivity contribution in [2.24, 2.45) is 0 Å². The predicted molar refractivity (Wildman–Crippen MR) is 60.8 cm³/mol. The zero-order chi connectivity index (χ0) is 11.4. The number of anilines is 1. The normalized spacial score (nSPS) is 12.1. The highest BCUT2D eigenvalue weighted by atomic mass is 16.4. The van der Waals surface area contributed by atoms with E-state index in [1.807, 2.05) is 6.07 Å². The van der Waals surface area contributed by atoms with Gasteiger partial charge in [0, 0.05) is 5.69 Å². The lowest BCUT2D eigenvalue weighted by molar-refractivity contribution is -0.138. The van der Waals surface area contributed by atoms with Crippen molar-refractivity contribution in [1.82, 2.24) is 0 Å². The van der Waals surface area contributed by atoms with Gasteiger partial charge in [-0.2, -0.15) is 0 Å². The van der Waals surface area contributed by atoms with Crippen LogP contribution in [-0.2, 0) is 11.2 Å². The lowest BCUT2D eigenvalue weighted by Crippen LogP contribution is -2.10. The van der Waals surface area contributed by atoms with Gasteiger partial charge >= 0.3 is 5.97 Å². The molecule has 0 bridgehead atoms. The Kier molecular flexibility index (Phi) is 3.50. The minimum Gasteiger partial charge on any atom is -0.481 e. The lowest BCUT2D eigenvalue weighted by atomic mass is 9.93. The van der Waals surface area contributed by atoms with Crippen LogP contribution in [0.4, 0.5) is 5.69 Å². The summed E-state index contributed by atoms with van der Waals surface area (Å²) in [6, 6.07) is 5.35. The van der Waals surface area contributed by atoms with Gasteiger partial charge in [-0.15, -0.1) is 6.58 Å². The Labute approximate surface area is 89.2 Å². The highest BCUT2D eigenvalue weighted by Gasteiger charge is 2.16. The highest BCUT2D eigenvalue weighted by Crippen LogP contribution is 2.23. The molecule has 1 aromatic carbocycles. The topological polar surface area (TPSA) is 63.3 Å². The molecule has 0 heterocycles. The van der Waals surface area contributed by atoms with Crippen LogP contribution in [0.5, 0.6) is 0 Å². The highest BCUT2D eigenvalue weighted by molar-refractivity contribution is 5.76. The summed E-state index contributed by atoms with van der Waals surface area (Å²) in [6.07, 6.45) is 2.41. The third-order valence-electron chi connectivity index (χ3n) is 2.37. The van der Waals surface area contributed by atoms with E-state index in [0.717, 1.165) is 11.1 Å². The summed E-state index contributed by atoms with van der Waals surface area (Å²) in [4.78, 5) is 10.9. The molecule has 80 valence electrons. The van der Waals surface area contributed by atoms with Crippen molar-refractivity contribution < 1.29 is 9.90 Å². The van der Waals surface area contributed by atoms with Crippen LogP contribution in [0.3, 0.4) is 0 Å². The number of carboxylic acid groups (broad SMARTS) is 1. The molecule has 0 saturated heterocycles. The van der Waals surface area contributed by atoms with Crippen LogP contribution in [0.1, 0.15) is 24.0 Å². The Bertz CT molecular complexity index is 385. The molecule has 3 N–H and O–H groups in total. The summed E-state index contributed by atoms with van der Waals surface area (Å²) >= 11 is 0. The van der Waals surface area contributed by atoms with Gasteiger partial charge in [-0.1, -0.05) is 12.1 Å². The second-order valence-electron chi connectivity index (χ2n) is 3.51. The molecule has 0 aliphatic rings. The van der Waals surface area contributed by atoms with E-state index >= 15 is 0 Å². The van der Waals surface area contributed by atoms with Gasteiger partial charge in [-0.3, -0.25) is 4.79 Å². The number of benzene rings is 1. The zero-order valence-corrected chi connectivity index (χ0v) is 8.73. The van der Waals surface area contributed by atoms with Crippen LogP contribution < -0.4 is 5.73 Å². The minimum atomic E-state index is -0.842. The van der Waals surface area contributed by atoms with E-state index in [4.69, 9.17) is 10.8 Å². The SMILES string of the molecule is C=CCc1ccc(N)cc1C(C)C(=O)O. The average molecular weight is 205 g/mol. The molecule has 1 unspecified atom stereocenters. The number of nitrogen functional groups attached to an aromatic ring is 1. The fourth-order valence-electron chi connectivity index (χ4n) is 1.49. The van der Waals surface area contributed by atoms with Gasteiger partial charge in [0.2, 0.25) is 0 Å². The van der Waals surface area contributed by atoms with Gasteiger partial charge in [0.05, 0.1) is 5.92 Å². The first-order chi connectivity index (χ1) is 7.06. The van der Waals surface area contributed by atoms with Crippen LogP contribution in [-0.4, -0.2) is 11.1 Å². The summed E-state index contributed by atoms with van der Waals surface area (Å²) in [5.74, 6) is -1.38. The number of hydrogen-bond acceptors (Lipinski definition) is 2. The first-order valence-electron chi connectivity index (χ1n) is 4.78. The quantitative estimate of drug-likeness (QED) is 0.585. The molecule has 1 atom stereocenters. The van der Waals surface area contributed by atoms with Gasteiger partial charge in [0.1, 0.15) is 0 Å². The van der Waals surface area contributed by atoms with Crippen LogP contribution in [0.15, 0.2) is 30.9 Å². The number of nitrogens with two attached hydrogens (primary N) is 1. The van der Waals surface area contributed by atoms with Gasteiger partial charge in [-0.25, -0.2) is 0 Å². The molecule has 1 aromatic rings. The van der Waals surface area contributed by atoms with E-state index in [-0.39, 0.29) is 0 Å². The Morgan fingerprint density at radius 3 is 2.87 bits per heavy atom. The fraction of sp³-hybridized carbons (Fsp3) is 0.250. The van der Waals surface area contributed by atoms with Crippen molar-refractivity contribution in [3.05, 3.63) is 42.0 Å². The van der Waals surface area contributed by atoms with E-state index in [1.54, 1.807) is 25.1 Å². The molecular formula is C12H15NO2. The van der Waals surface area contributed by atoms with Crippen molar-refractivity contribution in [2.45, 2.75) is 19.3 Å². The summed E-state index contributed by atoms with van der Waals surface area (Å²) in [7, 11) is 0. The maximum Gasteiger partial charge on any atom is 0.310 e. The molecule has 0 aliphatic carbocycles. The largest absolute Gasteiger partial charge is 0.481 e. The Hall–Kier alpha value is -1.77. The molecule has 0 saturated carbocycles. The second-order valence-corrected chi connectivity index (χ2v) is 3.51. The predicted octanol–water partition coefficient (Wildman–Crippen LogP) is 2.19. The van der Waals surface area contributed by atoms with Crippen molar-refractivity contribution in [3.8, 4) is 0 Å². The van der Waals surface area contributed by atoms with Crippen molar-refractivity contribution in [2.75, 3.05) is 5.73 Å². The molecule has 15 heavy (non-hydrogen) atoms. The molecule has 0 fully saturated rings. The zero-order valence-electron chi connectivity index (χ0n) is 8.73. The Morgan fingerprint density at radius 1 is 1.67 bits per heavy atom. The van der Waals surface area contributed by atoms with Gasteiger partial charge in [-0.05, 0) is 36.6 Å². The summed E-state index contributed by atoms with van der Waals surface area (Å²) in [5.41, 5.74) is 7.96. The molecule has 0 radical (unpaired) electrons. The van der Waals surface area contributed by atoms with Crippen LogP contribution >= 0.6 is 0 Å². The van der Waals surface area contributed by atoms with Crippen molar-refractivity contribution in [3.63, 3.8) is 0 Å². The van der Waals surface area contributed by atoms with Crippen molar-refractivity contribution in [1.29, 1.82) is 0 Å². The van der Waals surface area contributed by atoms with Crippen molar-refractivity contribution >= 4 is 11.7 Å². The maximum absolute atomic E-state index is 10.9. The van der Waals surface area contributed by atoms with Crippen LogP contribution in [0.2, 0.25) is 0 Å². The first kappa shape index (κ1) is 11.3. The number of aliphatic carboxylic acids is 1. The third kappa shape index (κ3) is 2.59. The van der Waals surface area contributed by atoms with E-state index in [1.165, 1.54) is 0 Å². The molecule has 0 aromatic heterocycles. The van der Waals surface area contributed by atoms with Gasteiger partial charge in [0.15, 0.2) is 0 Å². The van der Waals surface area contributed by atoms with E-state index in [0.29, 0.717) is 12.1 Å². The van der Waals surface area contributed by atoms with Gasteiger partial charge < -0.3 is 10.8 Å². The standard InChI is InChI=1S/C12H15NO2/c1-3-4-9-5-6-10(13)7-11(9)8(2)12(14)15/h3,5-8H,1,4,13H2,2H3,(H,14,15). The van der Waals surface area contributed by atoms with E-state index < -0.39 is 11.9 Å². The average Bonchev–Trinajstić information content (AvgIpc) is 2.20. The molecule has 0 amide bonds. The van der Waals surface area contributed by atoms with Crippen LogP contribution in [0, 0.1) is 0 Å². The van der Waals surface area contributed by atoms with E-state index in [9.17, 15) is 4.79 Å². The smallest absolute Gasteiger partial charge is 0.310 e. The first-order valence-corrected chi connectivity index (χ1v) is 4.78. The number of hydrogen-bond donors (Lipinski definition) is 2. The molecule has 3 nitrogen and oxygen atoms in total. The molecular weight excluding hydrogens is 190 g/mol. The fourth-order valence-corrected chi connectivity index (χ4v) is 1.49. The number of allylic oxidation sites excluding steroid dienone is 1. The molecule has 0 aliphatic heterocycles. The molecule has 3 heteroatoms. The number of carboxylic acids is 1. The van der Waals surface area contributed by atoms with Crippen LogP contribution in [0.25, 0.3) is 0 Å². The lowest BCUT2D eigenvalue weighted by Gasteiger charge is -2.12. The van der Waals surface area contributed by atoms with Gasteiger partial charge in [0.25, 0.3) is 0 Å². The maximum atomic E-state index is 10.9. The number of carbonyl (C=O) groups is 1. The molecule has 0 spiro atoms. The second kappa shape index (κ2) is 4.64. The number of rotatable bonds is 4. The minimum absolute atomic E-state index is 0.538. The Balaban J connectivity index is 3.17. The molecule has 1 rings (SSSR count). The summed E-state index contributed by atoms with van der Waals surface area (Å²) in [5, 5.41) is 8.95.